The fraction of sp³-hybridized carbons (Fsp3) is 0.208. The van der Waals surface area contributed by atoms with Gasteiger partial charge in [-0.1, -0.05) is 44.5 Å². The molecule has 1 heterocycles. The summed E-state index contributed by atoms with van der Waals surface area (Å²) in [5.74, 6) is 1.43. The van der Waals surface area contributed by atoms with Crippen molar-refractivity contribution in [2.45, 2.75) is 20.3 Å². The van der Waals surface area contributed by atoms with Crippen LogP contribution in [-0.2, 0) is 16.8 Å². The molecular weight excluding hydrogens is 432 g/mol. The van der Waals surface area contributed by atoms with Crippen molar-refractivity contribution in [3.63, 3.8) is 0 Å². The molecule has 0 fully saturated rings. The van der Waals surface area contributed by atoms with Gasteiger partial charge in [0.25, 0.3) is 5.91 Å². The maximum Gasteiger partial charge on any atom is 0.279 e. The highest BCUT2D eigenvalue weighted by molar-refractivity contribution is 7.98. The van der Waals surface area contributed by atoms with Crippen LogP contribution in [0.4, 0.5) is 8.78 Å². The third-order valence-corrected chi connectivity index (χ3v) is 4.86. The number of benzene rings is 2. The number of nitriles is 1. The Kier molecular flexibility index (Phi) is 7.95. The third kappa shape index (κ3) is 5.83. The Bertz CT molecular complexity index is 1270. The van der Waals surface area contributed by atoms with Crippen LogP contribution in [0.5, 0.6) is 0 Å². The standard InChI is InChI=1S/C21H17F2N3O2S.C3H8/c1-26-12-15(11-24)19(20(26)21(27)25-29(2,3)28)14-6-4-13(5-7-14)17-9-8-16(22)10-18(17)23;1-3-2/h4-10,12H,2H2,1,3H3,(H,25,27,28);3H2,1-2H3. The average molecular weight is 458 g/mol. The number of hydrogen-bond donors (Lipinski definition) is 1. The minimum absolute atomic E-state index is 0.153. The van der Waals surface area contributed by atoms with Crippen LogP contribution in [0.2, 0.25) is 0 Å². The molecule has 0 aliphatic rings. The zero-order valence-corrected chi connectivity index (χ0v) is 19.2. The Morgan fingerprint density at radius 1 is 1.16 bits per heavy atom. The van der Waals surface area contributed by atoms with E-state index in [4.69, 9.17) is 0 Å². The number of aromatic nitrogens is 1. The lowest BCUT2D eigenvalue weighted by Crippen LogP contribution is -2.31. The summed E-state index contributed by atoms with van der Waals surface area (Å²) in [5.41, 5.74) is 2.06. The molecule has 1 aromatic heterocycles. The molecular formula is C24H25F2N3O2S. The van der Waals surface area contributed by atoms with Gasteiger partial charge in [0, 0.05) is 46.4 Å². The molecule has 0 aliphatic carbocycles. The Labute approximate surface area is 187 Å². The Morgan fingerprint density at radius 2 is 1.72 bits per heavy atom. The topological polar surface area (TPSA) is 74.9 Å². The van der Waals surface area contributed by atoms with Crippen molar-refractivity contribution < 1.29 is 17.8 Å². The second-order valence-corrected chi connectivity index (χ2v) is 9.55. The highest BCUT2D eigenvalue weighted by atomic mass is 32.2. The SMILES string of the molecule is C=S(C)(=O)NC(=O)c1c(-c2ccc(-c3ccc(F)cc3F)cc2)c(C#N)cn1C.CCC. The molecule has 1 unspecified atom stereocenters. The first-order chi connectivity index (χ1) is 15.0. The van der Waals surface area contributed by atoms with Gasteiger partial charge in [-0.15, -0.1) is 0 Å². The smallest absolute Gasteiger partial charge is 0.279 e. The van der Waals surface area contributed by atoms with Gasteiger partial charge in [-0.05, 0) is 29.1 Å². The number of hydrogen-bond acceptors (Lipinski definition) is 3. The highest BCUT2D eigenvalue weighted by Gasteiger charge is 2.23. The zero-order chi connectivity index (χ0) is 24.1. The summed E-state index contributed by atoms with van der Waals surface area (Å²) in [6.07, 6.45) is 4.04. The van der Waals surface area contributed by atoms with Gasteiger partial charge in [0.2, 0.25) is 0 Å². The first-order valence-electron chi connectivity index (χ1n) is 9.81. The van der Waals surface area contributed by atoms with Gasteiger partial charge in [-0.2, -0.15) is 5.26 Å². The molecule has 1 amide bonds. The van der Waals surface area contributed by atoms with Crippen LogP contribution >= 0.6 is 0 Å². The molecule has 1 atom stereocenters. The van der Waals surface area contributed by atoms with E-state index < -0.39 is 27.2 Å². The van der Waals surface area contributed by atoms with Crippen LogP contribution in [0.1, 0.15) is 36.3 Å². The molecule has 0 spiro atoms. The van der Waals surface area contributed by atoms with E-state index in [1.807, 2.05) is 6.07 Å². The first-order valence-corrected chi connectivity index (χ1v) is 12.0. The van der Waals surface area contributed by atoms with Crippen molar-refractivity contribution in [2.24, 2.45) is 7.05 Å². The van der Waals surface area contributed by atoms with E-state index in [9.17, 15) is 23.0 Å². The van der Waals surface area contributed by atoms with Crippen molar-refractivity contribution in [1.29, 1.82) is 5.26 Å². The zero-order valence-electron chi connectivity index (χ0n) is 18.4. The van der Waals surface area contributed by atoms with E-state index in [0.29, 0.717) is 16.7 Å². The molecule has 168 valence electrons. The fourth-order valence-electron chi connectivity index (χ4n) is 3.06. The largest absolute Gasteiger partial charge is 0.345 e. The van der Waals surface area contributed by atoms with Gasteiger partial charge in [0.1, 0.15) is 23.4 Å². The Balaban J connectivity index is 0.00000114. The van der Waals surface area contributed by atoms with Crippen molar-refractivity contribution in [3.05, 3.63) is 71.6 Å². The van der Waals surface area contributed by atoms with Gasteiger partial charge in [-0.3, -0.25) is 9.52 Å². The van der Waals surface area contributed by atoms with Gasteiger partial charge in [0.15, 0.2) is 0 Å². The normalized spacial score (nSPS) is 12.2. The molecule has 3 rings (SSSR count). The van der Waals surface area contributed by atoms with Crippen LogP contribution in [0, 0.1) is 23.0 Å². The molecule has 0 aliphatic heterocycles. The lowest BCUT2D eigenvalue weighted by molar-refractivity contribution is 0.0975. The molecule has 8 heteroatoms. The molecule has 5 nitrogen and oxygen atoms in total. The van der Waals surface area contributed by atoms with E-state index >= 15 is 0 Å². The van der Waals surface area contributed by atoms with Crippen LogP contribution < -0.4 is 4.72 Å². The molecule has 0 radical (unpaired) electrons. The van der Waals surface area contributed by atoms with Crippen LogP contribution in [0.25, 0.3) is 22.3 Å². The Hall–Kier alpha value is -3.44. The number of carbonyl (C=O) groups excluding carboxylic acids is 1. The van der Waals surface area contributed by atoms with Crippen LogP contribution in [0.15, 0.2) is 48.7 Å². The summed E-state index contributed by atoms with van der Waals surface area (Å²) in [7, 11) is -1.20. The van der Waals surface area contributed by atoms with E-state index in [1.165, 1.54) is 35.6 Å². The second kappa shape index (κ2) is 10.2. The van der Waals surface area contributed by atoms with Gasteiger partial charge < -0.3 is 4.57 Å². The average Bonchev–Trinajstić information content (AvgIpc) is 3.04. The van der Waals surface area contributed by atoms with Crippen LogP contribution in [0.3, 0.4) is 0 Å². The first kappa shape index (κ1) is 24.8. The van der Waals surface area contributed by atoms with Gasteiger partial charge >= 0.3 is 0 Å². The van der Waals surface area contributed by atoms with Gasteiger partial charge in [-0.25, -0.2) is 13.0 Å². The highest BCUT2D eigenvalue weighted by Crippen LogP contribution is 2.32. The summed E-state index contributed by atoms with van der Waals surface area (Å²) < 4.78 is 42.9. The summed E-state index contributed by atoms with van der Waals surface area (Å²) in [5, 5.41) is 9.48. The van der Waals surface area contributed by atoms with E-state index in [2.05, 4.69) is 24.4 Å². The molecule has 32 heavy (non-hydrogen) atoms. The summed E-state index contributed by atoms with van der Waals surface area (Å²) in [4.78, 5) is 12.6. The van der Waals surface area contributed by atoms with Crippen molar-refractivity contribution >= 4 is 21.5 Å². The molecule has 3 aromatic rings. The van der Waals surface area contributed by atoms with Gasteiger partial charge in [0.05, 0.1) is 5.56 Å². The summed E-state index contributed by atoms with van der Waals surface area (Å²) in [6.45, 7) is 4.25. The number of aryl methyl sites for hydroxylation is 1. The number of amides is 1. The number of nitrogens with one attached hydrogen (secondary N) is 1. The number of rotatable bonds is 4. The molecule has 1 N–H and O–H groups in total. The number of carbonyl (C=O) groups is 1. The maximum atomic E-state index is 14.0. The van der Waals surface area contributed by atoms with Crippen molar-refractivity contribution in [2.75, 3.05) is 6.26 Å². The van der Waals surface area contributed by atoms with E-state index in [0.717, 1.165) is 6.07 Å². The lowest BCUT2D eigenvalue weighted by Gasteiger charge is -2.11. The fourth-order valence-corrected chi connectivity index (χ4v) is 3.55. The number of nitrogens with zero attached hydrogens (tertiary/aromatic N) is 2. The minimum Gasteiger partial charge on any atom is -0.345 e. The van der Waals surface area contributed by atoms with Crippen molar-refractivity contribution in [3.8, 4) is 28.3 Å². The van der Waals surface area contributed by atoms with Crippen LogP contribution in [-0.4, -0.2) is 26.8 Å². The van der Waals surface area contributed by atoms with E-state index in [1.54, 1.807) is 31.3 Å². The molecule has 0 saturated carbocycles. The predicted octanol–water partition coefficient (Wildman–Crippen LogP) is 4.92. The Morgan fingerprint density at radius 3 is 2.22 bits per heavy atom. The third-order valence-electron chi connectivity index (χ3n) is 4.24. The summed E-state index contributed by atoms with van der Waals surface area (Å²) in [6, 6.07) is 11.9. The number of halogens is 2. The van der Waals surface area contributed by atoms with E-state index in [-0.39, 0.29) is 16.8 Å². The predicted molar refractivity (Wildman–Crippen MR) is 126 cm³/mol. The maximum absolute atomic E-state index is 14.0. The molecule has 0 saturated heterocycles. The minimum atomic E-state index is -2.80. The molecule has 2 aromatic carbocycles. The molecule has 0 bridgehead atoms. The second-order valence-electron chi connectivity index (χ2n) is 7.33. The van der Waals surface area contributed by atoms with Crippen molar-refractivity contribution in [1.82, 2.24) is 9.29 Å². The lowest BCUT2D eigenvalue weighted by atomic mass is 9.98. The summed E-state index contributed by atoms with van der Waals surface area (Å²) >= 11 is 0. The monoisotopic (exact) mass is 457 g/mol. The quantitative estimate of drug-likeness (QED) is 0.566.